The van der Waals surface area contributed by atoms with Gasteiger partial charge in [-0.1, -0.05) is 39.8 Å². The number of nitrogens with zero attached hydrogens (tertiary/aromatic N) is 4. The van der Waals surface area contributed by atoms with E-state index in [-0.39, 0.29) is 11.5 Å². The lowest BCUT2D eigenvalue weighted by molar-refractivity contribution is -0.479. The summed E-state index contributed by atoms with van der Waals surface area (Å²) in [5.74, 6) is 2.36. The second-order valence-corrected chi connectivity index (χ2v) is 11.1. The average molecular weight is 664 g/mol. The zero-order chi connectivity index (χ0) is 27.2. The van der Waals surface area contributed by atoms with Gasteiger partial charge >= 0.3 is 0 Å². The van der Waals surface area contributed by atoms with Crippen LogP contribution in [0.1, 0.15) is 22.2 Å². The van der Waals surface area contributed by atoms with Crippen molar-refractivity contribution in [2.75, 3.05) is 20.8 Å². The van der Waals surface area contributed by atoms with E-state index >= 15 is 0 Å². The van der Waals surface area contributed by atoms with Crippen LogP contribution in [0, 0.1) is 17.0 Å². The van der Waals surface area contributed by atoms with Crippen molar-refractivity contribution < 1.29 is 19.1 Å². The predicted octanol–water partition coefficient (Wildman–Crippen LogP) is 6.81. The Kier molecular flexibility index (Phi) is 9.29. The molecule has 4 rings (SSSR count). The molecule has 3 aromatic carbocycles. The van der Waals surface area contributed by atoms with Crippen LogP contribution < -0.4 is 14.2 Å². The number of halogens is 2. The lowest BCUT2D eigenvalue weighted by atomic mass is 10.1. The first-order valence-corrected chi connectivity index (χ1v) is 13.8. The first kappa shape index (κ1) is 27.9. The average Bonchev–Trinajstić information content (AvgIpc) is 3.27. The summed E-state index contributed by atoms with van der Waals surface area (Å²) in [6.45, 7) is 1.84. The lowest BCUT2D eigenvalue weighted by Crippen LogP contribution is -2.12. The van der Waals surface area contributed by atoms with Crippen LogP contribution in [0.25, 0.3) is 5.69 Å². The van der Waals surface area contributed by atoms with Gasteiger partial charge in [-0.15, -0.1) is 10.2 Å². The monoisotopic (exact) mass is 662 g/mol. The number of aromatic nitrogens is 3. The normalized spacial score (nSPS) is 11.7. The number of hydrogen-bond donors (Lipinski definition) is 0. The highest BCUT2D eigenvalue weighted by molar-refractivity contribution is 9.10. The van der Waals surface area contributed by atoms with E-state index in [0.29, 0.717) is 39.1 Å². The van der Waals surface area contributed by atoms with Crippen molar-refractivity contribution in [3.63, 3.8) is 0 Å². The zero-order valence-corrected chi connectivity index (χ0v) is 24.7. The molecule has 1 atom stereocenters. The van der Waals surface area contributed by atoms with Gasteiger partial charge in [0.25, 0.3) is 0 Å². The topological polar surface area (TPSA) is 102 Å². The molecule has 198 valence electrons. The molecule has 0 saturated heterocycles. The van der Waals surface area contributed by atoms with Crippen LogP contribution in [-0.4, -0.2) is 40.5 Å². The van der Waals surface area contributed by atoms with Gasteiger partial charge in [0, 0.05) is 15.1 Å². The third kappa shape index (κ3) is 6.66. The largest absolute Gasteiger partial charge is 0.497 e. The molecule has 0 saturated carbocycles. The van der Waals surface area contributed by atoms with Gasteiger partial charge < -0.3 is 14.2 Å². The van der Waals surface area contributed by atoms with Crippen molar-refractivity contribution >= 4 is 43.6 Å². The molecule has 0 aliphatic heterocycles. The van der Waals surface area contributed by atoms with Gasteiger partial charge in [0.15, 0.2) is 16.7 Å². The number of thioether (sulfide) groups is 1. The molecule has 0 bridgehead atoms. The fourth-order valence-corrected chi connectivity index (χ4v) is 5.72. The summed E-state index contributed by atoms with van der Waals surface area (Å²) < 4.78 is 20.4. The third-order valence-corrected chi connectivity index (χ3v) is 7.91. The Labute approximate surface area is 240 Å². The van der Waals surface area contributed by atoms with E-state index in [2.05, 4.69) is 42.1 Å². The molecule has 0 fully saturated rings. The second kappa shape index (κ2) is 12.6. The Bertz CT molecular complexity index is 1410. The molecule has 0 aliphatic rings. The Morgan fingerprint density at radius 3 is 2.37 bits per heavy atom. The van der Waals surface area contributed by atoms with Crippen LogP contribution in [0.2, 0.25) is 0 Å². The number of aryl methyl sites for hydroxylation is 1. The van der Waals surface area contributed by atoms with Crippen LogP contribution in [0.15, 0.2) is 74.8 Å². The van der Waals surface area contributed by atoms with Gasteiger partial charge in [-0.2, -0.15) is 0 Å². The molecule has 9 nitrogen and oxygen atoms in total. The van der Waals surface area contributed by atoms with Gasteiger partial charge in [-0.3, -0.25) is 14.7 Å². The van der Waals surface area contributed by atoms with Crippen LogP contribution >= 0.6 is 43.6 Å². The van der Waals surface area contributed by atoms with E-state index in [1.165, 1.54) is 18.9 Å². The third-order valence-electron chi connectivity index (χ3n) is 5.61. The summed E-state index contributed by atoms with van der Waals surface area (Å²) in [6.07, 6.45) is 0. The fourth-order valence-electron chi connectivity index (χ4n) is 3.72. The van der Waals surface area contributed by atoms with Crippen LogP contribution in [0.4, 0.5) is 0 Å². The number of rotatable bonds is 11. The molecule has 0 spiro atoms. The summed E-state index contributed by atoms with van der Waals surface area (Å²) in [4.78, 5) is 11.3. The maximum atomic E-state index is 11.7. The predicted molar refractivity (Wildman–Crippen MR) is 152 cm³/mol. The molecule has 4 aromatic rings. The van der Waals surface area contributed by atoms with Crippen molar-refractivity contribution in [1.82, 2.24) is 14.8 Å². The molecule has 12 heteroatoms. The Hall–Kier alpha value is -3.09. The van der Waals surface area contributed by atoms with Crippen molar-refractivity contribution in [1.29, 1.82) is 0 Å². The van der Waals surface area contributed by atoms with Gasteiger partial charge in [0.2, 0.25) is 6.54 Å². The minimum Gasteiger partial charge on any atom is -0.497 e. The SMILES string of the molecule is COc1ccc(-n2c(C)nnc2S[C@H](C[N+](=O)[O-])c2cc(Br)c(OCc3ccc(Br)cc3)c(OC)c2)cc1. The van der Waals surface area contributed by atoms with Crippen LogP contribution in [-0.2, 0) is 6.61 Å². The van der Waals surface area contributed by atoms with E-state index < -0.39 is 5.25 Å². The van der Waals surface area contributed by atoms with Gasteiger partial charge in [-0.25, -0.2) is 0 Å². The first-order valence-electron chi connectivity index (χ1n) is 11.4. The molecule has 1 heterocycles. The van der Waals surface area contributed by atoms with Crippen molar-refractivity contribution in [3.05, 3.63) is 96.7 Å². The second-order valence-electron chi connectivity index (χ2n) is 8.13. The summed E-state index contributed by atoms with van der Waals surface area (Å²) in [5, 5.41) is 20.1. The van der Waals surface area contributed by atoms with E-state index in [4.69, 9.17) is 14.2 Å². The van der Waals surface area contributed by atoms with E-state index in [9.17, 15) is 10.1 Å². The fraction of sp³-hybridized carbons (Fsp3) is 0.231. The quantitative estimate of drug-likeness (QED) is 0.0980. The molecule has 1 aromatic heterocycles. The van der Waals surface area contributed by atoms with Crippen molar-refractivity contribution in [3.8, 4) is 22.9 Å². The number of nitro groups is 1. The molecular formula is C26H24Br2N4O5S. The summed E-state index contributed by atoms with van der Waals surface area (Å²) in [7, 11) is 3.14. The van der Waals surface area contributed by atoms with Gasteiger partial charge in [-0.05, 0) is 82.5 Å². The smallest absolute Gasteiger partial charge is 0.220 e. The summed E-state index contributed by atoms with van der Waals surface area (Å²) in [6, 6.07) is 18.9. The molecule has 0 radical (unpaired) electrons. The molecule has 38 heavy (non-hydrogen) atoms. The van der Waals surface area contributed by atoms with Crippen LogP contribution in [0.5, 0.6) is 17.2 Å². The summed E-state index contributed by atoms with van der Waals surface area (Å²) >= 11 is 8.27. The summed E-state index contributed by atoms with van der Waals surface area (Å²) in [5.41, 5.74) is 2.50. The standard InChI is InChI=1S/C26H24Br2N4O5S/c1-16-29-30-26(32(16)20-8-10-21(35-2)11-9-20)38-24(14-31(33)34)18-12-22(28)25(23(13-18)36-3)37-15-17-4-6-19(27)7-5-17/h4-13,24H,14-15H2,1-3H3/t24-/m1/s1. The molecule has 0 amide bonds. The minimum absolute atomic E-state index is 0.326. The molecular weight excluding hydrogens is 640 g/mol. The number of methoxy groups -OCH3 is 2. The highest BCUT2D eigenvalue weighted by Gasteiger charge is 2.26. The van der Waals surface area contributed by atoms with Gasteiger partial charge in [0.1, 0.15) is 23.4 Å². The Morgan fingerprint density at radius 1 is 1.03 bits per heavy atom. The minimum atomic E-state index is -0.573. The van der Waals surface area contributed by atoms with Crippen molar-refractivity contribution in [2.45, 2.75) is 23.9 Å². The maximum absolute atomic E-state index is 11.7. The number of benzene rings is 3. The molecule has 0 aliphatic carbocycles. The number of ether oxygens (including phenoxy) is 3. The highest BCUT2D eigenvalue weighted by Crippen LogP contribution is 2.43. The van der Waals surface area contributed by atoms with Crippen molar-refractivity contribution in [2.24, 2.45) is 0 Å². The molecule has 0 unspecified atom stereocenters. The first-order chi connectivity index (χ1) is 18.3. The van der Waals surface area contributed by atoms with Crippen LogP contribution in [0.3, 0.4) is 0 Å². The zero-order valence-electron chi connectivity index (χ0n) is 20.8. The molecule has 0 N–H and O–H groups in total. The highest BCUT2D eigenvalue weighted by atomic mass is 79.9. The lowest BCUT2D eigenvalue weighted by Gasteiger charge is -2.18. The van der Waals surface area contributed by atoms with Gasteiger partial charge in [0.05, 0.1) is 18.7 Å². The Balaban J connectivity index is 1.64. The van der Waals surface area contributed by atoms with E-state index in [1.54, 1.807) is 13.2 Å². The van der Waals surface area contributed by atoms with E-state index in [1.807, 2.05) is 66.1 Å². The van der Waals surface area contributed by atoms with E-state index in [0.717, 1.165) is 21.5 Å². The Morgan fingerprint density at radius 2 is 1.74 bits per heavy atom. The number of hydrogen-bond acceptors (Lipinski definition) is 8. The maximum Gasteiger partial charge on any atom is 0.220 e.